The molecule has 0 aliphatic carbocycles. The summed E-state index contributed by atoms with van der Waals surface area (Å²) < 4.78 is 11.8. The molecule has 0 aliphatic heterocycles. The van der Waals surface area contributed by atoms with E-state index in [0.717, 1.165) is 12.3 Å². The summed E-state index contributed by atoms with van der Waals surface area (Å²) in [7, 11) is -1.68. The molecule has 2 aromatic rings. The minimum atomic E-state index is -1.68. The molecule has 0 N–H and O–H groups in total. The third-order valence-electron chi connectivity index (χ3n) is 4.11. The Morgan fingerprint density at radius 1 is 0.875 bits per heavy atom. The molecule has 24 heavy (non-hydrogen) atoms. The maximum atomic E-state index is 5.90. The van der Waals surface area contributed by atoms with Crippen LogP contribution >= 0.6 is 7.26 Å². The molecule has 0 saturated carbocycles. The van der Waals surface area contributed by atoms with E-state index in [9.17, 15) is 0 Å². The Morgan fingerprint density at radius 3 is 1.71 bits per heavy atom. The molecule has 0 atom stereocenters. The quantitative estimate of drug-likeness (QED) is 0.365. The van der Waals surface area contributed by atoms with Gasteiger partial charge >= 0.3 is 0 Å². The van der Waals surface area contributed by atoms with Gasteiger partial charge in [-0.05, 0) is 38.1 Å². The van der Waals surface area contributed by atoms with E-state index in [4.69, 9.17) is 9.47 Å². The maximum Gasteiger partial charge on any atom is 0.192 e. The van der Waals surface area contributed by atoms with Gasteiger partial charge in [-0.15, -0.1) is 0 Å². The average molecular weight is 343 g/mol. The van der Waals surface area contributed by atoms with Gasteiger partial charge in [0.2, 0.25) is 0 Å². The van der Waals surface area contributed by atoms with Gasteiger partial charge in [0.1, 0.15) is 6.16 Å². The lowest BCUT2D eigenvalue weighted by Crippen LogP contribution is -2.34. The van der Waals surface area contributed by atoms with Crippen molar-refractivity contribution in [1.29, 1.82) is 0 Å². The third-order valence-corrected chi connectivity index (χ3v) is 8.48. The van der Waals surface area contributed by atoms with Crippen molar-refractivity contribution in [3.05, 3.63) is 73.3 Å². The molecule has 0 aliphatic rings. The fourth-order valence-corrected chi connectivity index (χ4v) is 7.01. The number of hydrogen-bond acceptors (Lipinski definition) is 2. The molecule has 2 rings (SSSR count). The molecule has 0 unspecified atom stereocenters. The molecule has 0 bridgehead atoms. The summed E-state index contributed by atoms with van der Waals surface area (Å²) >= 11 is 0. The van der Waals surface area contributed by atoms with Gasteiger partial charge in [-0.3, -0.25) is 0 Å². The van der Waals surface area contributed by atoms with Crippen LogP contribution in [0.15, 0.2) is 73.3 Å². The highest BCUT2D eigenvalue weighted by atomic mass is 31.2. The van der Waals surface area contributed by atoms with Crippen LogP contribution in [0.1, 0.15) is 13.8 Å². The van der Waals surface area contributed by atoms with E-state index >= 15 is 0 Å². The summed E-state index contributed by atoms with van der Waals surface area (Å²) in [5.74, 6) is 0. The van der Waals surface area contributed by atoms with Crippen molar-refractivity contribution < 1.29 is 9.47 Å². The fraction of sp³-hybridized carbons (Fsp3) is 0.333. The van der Waals surface area contributed by atoms with Crippen LogP contribution in [0.2, 0.25) is 0 Å². The predicted octanol–water partition coefficient (Wildman–Crippen LogP) is 4.24. The minimum Gasteiger partial charge on any atom is -0.349 e. The van der Waals surface area contributed by atoms with Gasteiger partial charge in [0.05, 0.1) is 24.0 Å². The summed E-state index contributed by atoms with van der Waals surface area (Å²) in [6.07, 6.45) is 3.67. The minimum absolute atomic E-state index is 0.186. The van der Waals surface area contributed by atoms with Crippen LogP contribution in [0.25, 0.3) is 0 Å². The maximum absolute atomic E-state index is 5.90. The average Bonchev–Trinajstić information content (AvgIpc) is 2.63. The Morgan fingerprint density at radius 2 is 1.33 bits per heavy atom. The van der Waals surface area contributed by atoms with Gasteiger partial charge in [-0.1, -0.05) is 49.1 Å². The van der Waals surface area contributed by atoms with Crippen molar-refractivity contribution in [3.8, 4) is 0 Å². The topological polar surface area (TPSA) is 18.5 Å². The van der Waals surface area contributed by atoms with Crippen LogP contribution < -0.4 is 10.6 Å². The highest BCUT2D eigenvalue weighted by Crippen LogP contribution is 2.57. The van der Waals surface area contributed by atoms with Gasteiger partial charge in [0.25, 0.3) is 0 Å². The second kappa shape index (κ2) is 9.74. The molecule has 0 fully saturated rings. The van der Waals surface area contributed by atoms with Gasteiger partial charge in [0, 0.05) is 13.2 Å². The normalized spacial score (nSPS) is 11.6. The van der Waals surface area contributed by atoms with E-state index in [1.165, 1.54) is 10.6 Å². The van der Waals surface area contributed by atoms with E-state index in [-0.39, 0.29) is 6.29 Å². The monoisotopic (exact) mass is 343 g/mol. The van der Waals surface area contributed by atoms with Crippen LogP contribution in [-0.2, 0) is 9.47 Å². The van der Waals surface area contributed by atoms with Crippen molar-refractivity contribution >= 4 is 17.9 Å². The van der Waals surface area contributed by atoms with Crippen molar-refractivity contribution in [2.45, 2.75) is 20.1 Å². The van der Waals surface area contributed by atoms with Crippen LogP contribution in [0, 0.1) is 0 Å². The largest absolute Gasteiger partial charge is 0.349 e. The second-order valence-corrected chi connectivity index (χ2v) is 9.33. The molecular formula is C21H28O2P+. The second-order valence-electron chi connectivity index (χ2n) is 5.63. The van der Waals surface area contributed by atoms with Crippen LogP contribution in [0.3, 0.4) is 0 Å². The number of rotatable bonds is 10. The van der Waals surface area contributed by atoms with Crippen LogP contribution in [-0.4, -0.2) is 31.8 Å². The SMILES string of the molecule is C=CC[P+](CC(OCC)OCC)(c1ccccc1)c1ccccc1. The Kier molecular flexibility index (Phi) is 7.65. The zero-order valence-corrected chi connectivity index (χ0v) is 15.6. The molecule has 0 aromatic heterocycles. The predicted molar refractivity (Wildman–Crippen MR) is 106 cm³/mol. The Bertz CT molecular complexity index is 552. The molecule has 0 saturated heterocycles. The lowest BCUT2D eigenvalue weighted by atomic mass is 10.4. The number of ether oxygens (including phenoxy) is 2. The first-order valence-electron chi connectivity index (χ1n) is 8.59. The van der Waals surface area contributed by atoms with Gasteiger partial charge in [-0.25, -0.2) is 0 Å². The van der Waals surface area contributed by atoms with Crippen LogP contribution in [0.4, 0.5) is 0 Å². The zero-order chi connectivity index (χ0) is 17.3. The highest BCUT2D eigenvalue weighted by molar-refractivity contribution is 7.89. The van der Waals surface area contributed by atoms with E-state index in [0.29, 0.717) is 13.2 Å². The van der Waals surface area contributed by atoms with Crippen molar-refractivity contribution in [2.75, 3.05) is 25.5 Å². The fourth-order valence-electron chi connectivity index (χ4n) is 3.07. The highest BCUT2D eigenvalue weighted by Gasteiger charge is 2.44. The smallest absolute Gasteiger partial charge is 0.192 e. The Balaban J connectivity index is 2.51. The van der Waals surface area contributed by atoms with Gasteiger partial charge in [-0.2, -0.15) is 0 Å². The summed E-state index contributed by atoms with van der Waals surface area (Å²) in [5.41, 5.74) is 0. The van der Waals surface area contributed by atoms with Crippen molar-refractivity contribution in [1.82, 2.24) is 0 Å². The number of benzene rings is 2. The van der Waals surface area contributed by atoms with E-state index in [1.807, 2.05) is 19.9 Å². The lowest BCUT2D eigenvalue weighted by Gasteiger charge is -2.30. The van der Waals surface area contributed by atoms with Crippen molar-refractivity contribution in [3.63, 3.8) is 0 Å². The summed E-state index contributed by atoms with van der Waals surface area (Å²) in [6, 6.07) is 21.5. The van der Waals surface area contributed by atoms with Gasteiger partial charge in [0.15, 0.2) is 6.29 Å². The lowest BCUT2D eigenvalue weighted by molar-refractivity contribution is -0.120. The summed E-state index contributed by atoms with van der Waals surface area (Å²) in [4.78, 5) is 0. The molecule has 0 heterocycles. The summed E-state index contributed by atoms with van der Waals surface area (Å²) in [5, 5.41) is 2.75. The first-order chi connectivity index (χ1) is 11.8. The van der Waals surface area contributed by atoms with E-state index in [2.05, 4.69) is 67.2 Å². The molecule has 2 nitrogen and oxygen atoms in total. The first kappa shape index (κ1) is 18.9. The number of allylic oxidation sites excluding steroid dienone is 1. The summed E-state index contributed by atoms with van der Waals surface area (Å²) in [6.45, 7) is 9.39. The molecule has 3 heteroatoms. The third kappa shape index (κ3) is 4.54. The molecular weight excluding hydrogens is 315 g/mol. The Hall–Kier alpha value is -1.47. The molecule has 0 radical (unpaired) electrons. The zero-order valence-electron chi connectivity index (χ0n) is 14.7. The molecule has 128 valence electrons. The van der Waals surface area contributed by atoms with Crippen molar-refractivity contribution in [2.24, 2.45) is 0 Å². The first-order valence-corrected chi connectivity index (χ1v) is 10.7. The van der Waals surface area contributed by atoms with Gasteiger partial charge < -0.3 is 9.47 Å². The molecule has 0 amide bonds. The molecule has 0 spiro atoms. The van der Waals surface area contributed by atoms with E-state index < -0.39 is 7.26 Å². The van der Waals surface area contributed by atoms with Crippen LogP contribution in [0.5, 0.6) is 0 Å². The standard InChI is InChI=1S/C21H28O2P/c1-4-17-24(19-13-9-7-10-14-19,20-15-11-8-12-16-20)18-21(22-5-2)23-6-3/h4,7-16,21H,1,5-6,17-18H2,2-3H3/q+1. The number of hydrogen-bond donors (Lipinski definition) is 0. The Labute approximate surface area is 146 Å². The van der Waals surface area contributed by atoms with E-state index in [1.54, 1.807) is 0 Å². The molecule has 2 aromatic carbocycles.